The Bertz CT molecular complexity index is 485. The van der Waals surface area contributed by atoms with Gasteiger partial charge in [0.15, 0.2) is 0 Å². The first-order valence-electron chi connectivity index (χ1n) is 6.68. The molecule has 22 heavy (non-hydrogen) atoms. The molecule has 0 unspecified atom stereocenters. The molecule has 1 aliphatic rings. The minimum atomic E-state index is -0.477. The summed E-state index contributed by atoms with van der Waals surface area (Å²) in [5.41, 5.74) is -0.0640. The molecule has 0 aromatic rings. The Morgan fingerprint density at radius 2 is 2.27 bits per heavy atom. The van der Waals surface area contributed by atoms with Crippen molar-refractivity contribution in [1.29, 1.82) is 5.26 Å². The van der Waals surface area contributed by atoms with Crippen LogP contribution in [0.1, 0.15) is 6.42 Å². The largest absolute Gasteiger partial charge is 0.388 e. The molecule has 8 nitrogen and oxygen atoms in total. The molecule has 0 spiro atoms. The van der Waals surface area contributed by atoms with Gasteiger partial charge in [-0.25, -0.2) is 0 Å². The highest BCUT2D eigenvalue weighted by atomic mass is 32.2. The van der Waals surface area contributed by atoms with Crippen molar-refractivity contribution in [1.82, 2.24) is 15.5 Å². The lowest BCUT2D eigenvalue weighted by Crippen LogP contribution is -2.34. The van der Waals surface area contributed by atoms with Crippen LogP contribution in [0.4, 0.5) is 4.79 Å². The third-order valence-electron chi connectivity index (χ3n) is 2.74. The van der Waals surface area contributed by atoms with Crippen molar-refractivity contribution < 1.29 is 19.1 Å². The highest BCUT2D eigenvalue weighted by molar-refractivity contribution is 8.14. The Labute approximate surface area is 132 Å². The Morgan fingerprint density at radius 1 is 1.50 bits per heavy atom. The van der Waals surface area contributed by atoms with Gasteiger partial charge in [0.1, 0.15) is 11.6 Å². The number of ether oxygens (including phenoxy) is 1. The number of methoxy groups -OCH3 is 1. The van der Waals surface area contributed by atoms with Crippen LogP contribution >= 0.6 is 11.8 Å². The minimum Gasteiger partial charge on any atom is -0.388 e. The Hall–Kier alpha value is -2.05. The molecule has 3 amide bonds. The van der Waals surface area contributed by atoms with Crippen molar-refractivity contribution in [3.63, 3.8) is 0 Å². The molecule has 1 aliphatic heterocycles. The monoisotopic (exact) mass is 326 g/mol. The first-order valence-corrected chi connectivity index (χ1v) is 7.66. The number of hydrogen-bond acceptors (Lipinski definition) is 7. The molecule has 1 fully saturated rings. The van der Waals surface area contributed by atoms with E-state index in [9.17, 15) is 14.4 Å². The fraction of sp³-hybridized carbons (Fsp3) is 0.538. The predicted octanol–water partition coefficient (Wildman–Crippen LogP) is -0.168. The van der Waals surface area contributed by atoms with Crippen LogP contribution in [0.3, 0.4) is 0 Å². The molecule has 1 rings (SSSR count). The van der Waals surface area contributed by atoms with Crippen LogP contribution in [0.25, 0.3) is 0 Å². The normalized spacial score (nSPS) is 14.9. The quantitative estimate of drug-likeness (QED) is 0.344. The van der Waals surface area contributed by atoms with Gasteiger partial charge in [0.2, 0.25) is 5.91 Å². The summed E-state index contributed by atoms with van der Waals surface area (Å²) in [5.74, 6) is -0.533. The number of rotatable bonds is 9. The summed E-state index contributed by atoms with van der Waals surface area (Å²) < 4.78 is 4.85. The van der Waals surface area contributed by atoms with E-state index in [2.05, 4.69) is 10.6 Å². The maximum Gasteiger partial charge on any atom is 0.288 e. The highest BCUT2D eigenvalue weighted by Crippen LogP contribution is 2.17. The van der Waals surface area contributed by atoms with Crippen LogP contribution in [0.2, 0.25) is 0 Å². The third-order valence-corrected chi connectivity index (χ3v) is 3.60. The number of carbonyl (C=O) groups is 3. The fourth-order valence-electron chi connectivity index (χ4n) is 1.61. The molecule has 0 atom stereocenters. The van der Waals surface area contributed by atoms with Gasteiger partial charge in [-0.1, -0.05) is 11.8 Å². The second-order valence-corrected chi connectivity index (χ2v) is 5.25. The van der Waals surface area contributed by atoms with Gasteiger partial charge >= 0.3 is 0 Å². The predicted molar refractivity (Wildman–Crippen MR) is 80.8 cm³/mol. The van der Waals surface area contributed by atoms with Crippen LogP contribution < -0.4 is 10.6 Å². The summed E-state index contributed by atoms with van der Waals surface area (Å²) in [4.78, 5) is 35.5. The number of nitrogens with one attached hydrogen (secondary N) is 2. The van der Waals surface area contributed by atoms with Crippen molar-refractivity contribution in [3.05, 3.63) is 11.8 Å². The maximum absolute atomic E-state index is 11.7. The van der Waals surface area contributed by atoms with Gasteiger partial charge in [-0.15, -0.1) is 0 Å². The summed E-state index contributed by atoms with van der Waals surface area (Å²) in [6, 6.07) is 1.79. The lowest BCUT2D eigenvalue weighted by molar-refractivity contribution is -0.124. The number of nitrogens with zero attached hydrogens (tertiary/aromatic N) is 2. The molecule has 1 heterocycles. The molecule has 2 N–H and O–H groups in total. The van der Waals surface area contributed by atoms with Crippen molar-refractivity contribution in [2.24, 2.45) is 0 Å². The number of thioether (sulfide) groups is 1. The average Bonchev–Trinajstić information content (AvgIpc) is 2.83. The molecule has 1 saturated heterocycles. The summed E-state index contributed by atoms with van der Waals surface area (Å²) >= 11 is 0.968. The van der Waals surface area contributed by atoms with E-state index >= 15 is 0 Å². The number of nitriles is 1. The summed E-state index contributed by atoms with van der Waals surface area (Å²) in [6.45, 7) is 1.43. The van der Waals surface area contributed by atoms with Crippen LogP contribution in [-0.4, -0.2) is 61.1 Å². The van der Waals surface area contributed by atoms with E-state index in [1.54, 1.807) is 13.2 Å². The molecular weight excluding hydrogens is 308 g/mol. The number of amides is 3. The Balaban J connectivity index is 2.32. The van der Waals surface area contributed by atoms with Crippen molar-refractivity contribution >= 4 is 28.8 Å². The zero-order chi connectivity index (χ0) is 16.4. The summed E-state index contributed by atoms with van der Waals surface area (Å²) in [7, 11) is 1.57. The van der Waals surface area contributed by atoms with Gasteiger partial charge in [-0.2, -0.15) is 5.26 Å². The fourth-order valence-corrected chi connectivity index (χ4v) is 2.36. The maximum atomic E-state index is 11.7. The lowest BCUT2D eigenvalue weighted by Gasteiger charge is -2.12. The molecule has 0 saturated carbocycles. The van der Waals surface area contributed by atoms with Crippen LogP contribution in [0.5, 0.6) is 0 Å². The molecule has 9 heteroatoms. The van der Waals surface area contributed by atoms with Crippen LogP contribution in [0, 0.1) is 11.3 Å². The zero-order valence-electron chi connectivity index (χ0n) is 12.3. The van der Waals surface area contributed by atoms with Crippen LogP contribution in [-0.2, 0) is 14.3 Å². The van der Waals surface area contributed by atoms with Gasteiger partial charge in [0, 0.05) is 39.6 Å². The van der Waals surface area contributed by atoms with E-state index in [1.165, 1.54) is 6.20 Å². The first kappa shape index (κ1) is 18.0. The molecule has 0 aromatic heterocycles. The van der Waals surface area contributed by atoms with E-state index in [0.717, 1.165) is 16.7 Å². The van der Waals surface area contributed by atoms with E-state index < -0.39 is 5.91 Å². The molecular formula is C13H18N4O4S. The van der Waals surface area contributed by atoms with E-state index in [0.29, 0.717) is 19.6 Å². The SMILES string of the molecule is COCCCNC(=O)/C(C#N)=C\NCCN1C(=O)CSC1=O. The van der Waals surface area contributed by atoms with Gasteiger partial charge in [0.05, 0.1) is 5.75 Å². The minimum absolute atomic E-state index is 0.0640. The second kappa shape index (κ2) is 9.81. The molecule has 0 radical (unpaired) electrons. The van der Waals surface area contributed by atoms with Gasteiger partial charge in [0.25, 0.3) is 11.1 Å². The van der Waals surface area contributed by atoms with Crippen LogP contribution in [0.15, 0.2) is 11.8 Å². The summed E-state index contributed by atoms with van der Waals surface area (Å²) in [6.07, 6.45) is 1.94. The van der Waals surface area contributed by atoms with Gasteiger partial charge < -0.3 is 15.4 Å². The van der Waals surface area contributed by atoms with Gasteiger partial charge in [-0.3, -0.25) is 19.3 Å². The molecule has 120 valence electrons. The zero-order valence-corrected chi connectivity index (χ0v) is 13.1. The standard InChI is InChI=1S/C13H18N4O4S/c1-21-6-2-3-16-12(19)10(7-14)8-15-4-5-17-11(18)9-22-13(17)20/h8,15H,2-6,9H2,1H3,(H,16,19)/b10-8-. The van der Waals surface area contributed by atoms with E-state index in [4.69, 9.17) is 10.00 Å². The molecule has 0 aromatic carbocycles. The smallest absolute Gasteiger partial charge is 0.288 e. The van der Waals surface area contributed by atoms with Crippen molar-refractivity contribution in [3.8, 4) is 6.07 Å². The average molecular weight is 326 g/mol. The van der Waals surface area contributed by atoms with E-state index in [-0.39, 0.29) is 35.6 Å². The number of hydrogen-bond donors (Lipinski definition) is 2. The molecule has 0 aliphatic carbocycles. The molecule has 0 bridgehead atoms. The van der Waals surface area contributed by atoms with Gasteiger partial charge in [-0.05, 0) is 6.42 Å². The van der Waals surface area contributed by atoms with Crippen molar-refractivity contribution in [2.45, 2.75) is 6.42 Å². The Morgan fingerprint density at radius 3 is 2.86 bits per heavy atom. The highest BCUT2D eigenvalue weighted by Gasteiger charge is 2.28. The topological polar surface area (TPSA) is 112 Å². The Kier molecular flexibility index (Phi) is 8.03. The summed E-state index contributed by atoms with van der Waals surface area (Å²) in [5, 5.41) is 14.0. The second-order valence-electron chi connectivity index (χ2n) is 4.33. The number of imide groups is 1. The van der Waals surface area contributed by atoms with E-state index in [1.807, 2.05) is 0 Å². The first-order chi connectivity index (χ1) is 10.6. The van der Waals surface area contributed by atoms with Crippen molar-refractivity contribution in [2.75, 3.05) is 39.1 Å². The lowest BCUT2D eigenvalue weighted by atomic mass is 10.3. The third kappa shape index (κ3) is 5.75. The number of carbonyl (C=O) groups excluding carboxylic acids is 3.